The number of hydrogen-bond donors (Lipinski definition) is 2. The Morgan fingerprint density at radius 1 is 1.10 bits per heavy atom. The molecule has 0 saturated heterocycles. The van der Waals surface area contributed by atoms with E-state index >= 15 is 0 Å². The van der Waals surface area contributed by atoms with E-state index in [2.05, 4.69) is 10.0 Å². The van der Waals surface area contributed by atoms with E-state index in [4.69, 9.17) is 9.68 Å². The highest BCUT2D eigenvalue weighted by molar-refractivity contribution is 7.89. The molecule has 1 aromatic heterocycles. The van der Waals surface area contributed by atoms with Gasteiger partial charge < -0.3 is 9.73 Å². The maximum Gasteiger partial charge on any atom is 0.251 e. The second-order valence-corrected chi connectivity index (χ2v) is 8.14. The van der Waals surface area contributed by atoms with Crippen molar-refractivity contribution in [2.45, 2.75) is 24.9 Å². The van der Waals surface area contributed by atoms with E-state index in [1.165, 1.54) is 18.4 Å². The molecular weight excluding hydrogens is 390 g/mol. The molecule has 0 saturated carbocycles. The van der Waals surface area contributed by atoms with E-state index < -0.39 is 10.0 Å². The molecule has 7 nitrogen and oxygen atoms in total. The van der Waals surface area contributed by atoms with Crippen LogP contribution >= 0.6 is 0 Å². The first-order valence-corrected chi connectivity index (χ1v) is 10.3. The number of furan rings is 1. The van der Waals surface area contributed by atoms with Crippen LogP contribution in [0.25, 0.3) is 0 Å². The van der Waals surface area contributed by atoms with Crippen molar-refractivity contribution >= 4 is 15.9 Å². The average molecular weight is 409 g/mol. The number of nitrogens with one attached hydrogen (secondary N) is 2. The topological polar surface area (TPSA) is 112 Å². The third kappa shape index (κ3) is 5.10. The molecule has 29 heavy (non-hydrogen) atoms. The van der Waals surface area contributed by atoms with Crippen molar-refractivity contribution in [3.05, 3.63) is 88.9 Å². The molecule has 3 aromatic rings. The summed E-state index contributed by atoms with van der Waals surface area (Å²) in [6, 6.07) is 16.6. The van der Waals surface area contributed by atoms with Gasteiger partial charge in [-0.1, -0.05) is 18.2 Å². The van der Waals surface area contributed by atoms with Gasteiger partial charge in [-0.2, -0.15) is 5.26 Å². The smallest absolute Gasteiger partial charge is 0.251 e. The van der Waals surface area contributed by atoms with Gasteiger partial charge in [0.25, 0.3) is 5.91 Å². The largest absolute Gasteiger partial charge is 0.468 e. The first-order valence-electron chi connectivity index (χ1n) is 8.79. The Kier molecular flexibility index (Phi) is 6.12. The van der Waals surface area contributed by atoms with Crippen LogP contribution in [0.4, 0.5) is 0 Å². The lowest BCUT2D eigenvalue weighted by atomic mass is 10.1. The minimum Gasteiger partial charge on any atom is -0.468 e. The van der Waals surface area contributed by atoms with E-state index in [0.717, 1.165) is 5.56 Å². The van der Waals surface area contributed by atoms with Gasteiger partial charge in [0, 0.05) is 12.1 Å². The number of benzene rings is 2. The summed E-state index contributed by atoms with van der Waals surface area (Å²) in [5, 5.41) is 11.6. The summed E-state index contributed by atoms with van der Waals surface area (Å²) in [6.07, 6.45) is 1.46. The number of sulfonamides is 1. The van der Waals surface area contributed by atoms with Gasteiger partial charge in [-0.15, -0.1) is 0 Å². The van der Waals surface area contributed by atoms with Crippen molar-refractivity contribution < 1.29 is 17.6 Å². The number of amides is 1. The van der Waals surface area contributed by atoms with Gasteiger partial charge in [0.05, 0.1) is 29.3 Å². The Bertz CT molecular complexity index is 1150. The van der Waals surface area contributed by atoms with E-state index in [1.54, 1.807) is 49.4 Å². The van der Waals surface area contributed by atoms with Crippen LogP contribution in [-0.2, 0) is 23.1 Å². The second-order valence-electron chi connectivity index (χ2n) is 6.37. The summed E-state index contributed by atoms with van der Waals surface area (Å²) >= 11 is 0. The average Bonchev–Trinajstić information content (AvgIpc) is 3.25. The van der Waals surface area contributed by atoms with Gasteiger partial charge in [-0.25, -0.2) is 13.1 Å². The van der Waals surface area contributed by atoms with Gasteiger partial charge in [0.2, 0.25) is 10.0 Å². The third-order valence-corrected chi connectivity index (χ3v) is 5.72. The highest BCUT2D eigenvalue weighted by Crippen LogP contribution is 2.16. The number of hydrogen-bond acceptors (Lipinski definition) is 5. The molecule has 0 aliphatic carbocycles. The predicted octanol–water partition coefficient (Wildman–Crippen LogP) is 2.87. The minimum absolute atomic E-state index is 0.00169. The summed E-state index contributed by atoms with van der Waals surface area (Å²) in [5.74, 6) is 0.107. The number of aryl methyl sites for hydroxylation is 1. The van der Waals surface area contributed by atoms with Crippen molar-refractivity contribution in [2.75, 3.05) is 0 Å². The van der Waals surface area contributed by atoms with E-state index in [9.17, 15) is 13.2 Å². The van der Waals surface area contributed by atoms with Gasteiger partial charge in [-0.3, -0.25) is 4.79 Å². The molecule has 148 valence electrons. The lowest BCUT2D eigenvalue weighted by Crippen LogP contribution is -2.26. The SMILES string of the molecule is Cc1ccc(S(=O)(=O)NCc2ccco2)cc1C(=O)NCc1ccc(C#N)cc1. The third-order valence-electron chi connectivity index (χ3n) is 4.32. The Balaban J connectivity index is 1.71. The number of carbonyl (C=O) groups is 1. The molecule has 3 rings (SSSR count). The quantitative estimate of drug-likeness (QED) is 0.623. The van der Waals surface area contributed by atoms with Crippen LogP contribution in [0.3, 0.4) is 0 Å². The van der Waals surface area contributed by atoms with Crippen LogP contribution in [-0.4, -0.2) is 14.3 Å². The summed E-state index contributed by atoms with van der Waals surface area (Å²) in [7, 11) is -3.80. The fourth-order valence-electron chi connectivity index (χ4n) is 2.65. The molecule has 0 radical (unpaired) electrons. The lowest BCUT2D eigenvalue weighted by Gasteiger charge is -2.11. The summed E-state index contributed by atoms with van der Waals surface area (Å²) in [5.41, 5.74) is 2.31. The normalized spacial score (nSPS) is 11.0. The molecule has 0 unspecified atom stereocenters. The summed E-state index contributed by atoms with van der Waals surface area (Å²) < 4.78 is 32.7. The molecule has 0 atom stereocenters. The van der Waals surface area contributed by atoms with Gasteiger partial charge in [-0.05, 0) is 54.4 Å². The first-order chi connectivity index (χ1) is 13.9. The van der Waals surface area contributed by atoms with Crippen molar-refractivity contribution in [2.24, 2.45) is 0 Å². The zero-order chi connectivity index (χ0) is 20.9. The number of nitriles is 1. The van der Waals surface area contributed by atoms with Crippen molar-refractivity contribution in [3.8, 4) is 6.07 Å². The Hall–Kier alpha value is -3.41. The van der Waals surface area contributed by atoms with Crippen LogP contribution < -0.4 is 10.0 Å². The van der Waals surface area contributed by atoms with Crippen molar-refractivity contribution in [1.29, 1.82) is 5.26 Å². The molecule has 0 bridgehead atoms. The van der Waals surface area contributed by atoms with E-state index in [-0.39, 0.29) is 29.5 Å². The van der Waals surface area contributed by atoms with Gasteiger partial charge >= 0.3 is 0 Å². The summed E-state index contributed by atoms with van der Waals surface area (Å²) in [4.78, 5) is 12.6. The highest BCUT2D eigenvalue weighted by atomic mass is 32.2. The highest BCUT2D eigenvalue weighted by Gasteiger charge is 2.18. The second kappa shape index (κ2) is 8.73. The number of rotatable bonds is 7. The molecule has 2 aromatic carbocycles. The standard InChI is InChI=1S/C21H19N3O4S/c1-15-4-9-19(29(26,27)24-14-18-3-2-10-28-18)11-20(15)21(25)23-13-17-7-5-16(12-22)6-8-17/h2-11,24H,13-14H2,1H3,(H,23,25). The van der Waals surface area contributed by atoms with Gasteiger partial charge in [0.1, 0.15) is 5.76 Å². The Labute approximate surface area is 169 Å². The molecule has 0 aliphatic rings. The summed E-state index contributed by atoms with van der Waals surface area (Å²) in [6.45, 7) is 2.02. The van der Waals surface area contributed by atoms with Crippen LogP contribution in [0.1, 0.15) is 32.8 Å². The number of carbonyl (C=O) groups excluding carboxylic acids is 1. The molecule has 0 spiro atoms. The van der Waals surface area contributed by atoms with Crippen LogP contribution in [0.2, 0.25) is 0 Å². The minimum atomic E-state index is -3.80. The molecule has 1 amide bonds. The Morgan fingerprint density at radius 2 is 1.86 bits per heavy atom. The number of nitrogens with zero attached hydrogens (tertiary/aromatic N) is 1. The van der Waals surface area contributed by atoms with Crippen LogP contribution in [0, 0.1) is 18.3 Å². The molecule has 1 heterocycles. The van der Waals surface area contributed by atoms with E-state index in [1.807, 2.05) is 6.07 Å². The molecule has 0 fully saturated rings. The zero-order valence-electron chi connectivity index (χ0n) is 15.7. The van der Waals surface area contributed by atoms with Gasteiger partial charge in [0.15, 0.2) is 0 Å². The molecular formula is C21H19N3O4S. The predicted molar refractivity (Wildman–Crippen MR) is 106 cm³/mol. The fourth-order valence-corrected chi connectivity index (χ4v) is 3.67. The van der Waals surface area contributed by atoms with Crippen molar-refractivity contribution in [3.63, 3.8) is 0 Å². The zero-order valence-corrected chi connectivity index (χ0v) is 16.5. The molecule has 8 heteroatoms. The van der Waals surface area contributed by atoms with E-state index in [0.29, 0.717) is 16.9 Å². The monoisotopic (exact) mass is 409 g/mol. The fraction of sp³-hybridized carbons (Fsp3) is 0.143. The lowest BCUT2D eigenvalue weighted by molar-refractivity contribution is 0.0950. The van der Waals surface area contributed by atoms with Crippen LogP contribution in [0.5, 0.6) is 0 Å². The Morgan fingerprint density at radius 3 is 2.52 bits per heavy atom. The maximum absolute atomic E-state index is 12.6. The van der Waals surface area contributed by atoms with Crippen molar-refractivity contribution in [1.82, 2.24) is 10.0 Å². The maximum atomic E-state index is 12.6. The first kappa shape index (κ1) is 20.3. The molecule has 2 N–H and O–H groups in total. The molecule has 0 aliphatic heterocycles. The van der Waals surface area contributed by atoms with Crippen LogP contribution in [0.15, 0.2) is 70.2 Å².